The molecule has 1 aromatic carbocycles. The first-order chi connectivity index (χ1) is 12.2. The van der Waals surface area contributed by atoms with Crippen molar-refractivity contribution in [1.82, 2.24) is 9.80 Å². The smallest absolute Gasteiger partial charge is 0.333 e. The maximum Gasteiger partial charge on any atom is 0.333 e. The Labute approximate surface area is 157 Å². The van der Waals surface area contributed by atoms with E-state index in [0.717, 1.165) is 16.2 Å². The molecule has 0 N–H and O–H groups in total. The van der Waals surface area contributed by atoms with Gasteiger partial charge in [-0.2, -0.15) is 0 Å². The van der Waals surface area contributed by atoms with Crippen LogP contribution in [-0.4, -0.2) is 55.0 Å². The average molecular weight is 381 g/mol. The summed E-state index contributed by atoms with van der Waals surface area (Å²) >= 11 is 6.31. The number of imide groups is 2. The standard InChI is InChI=1S/C18H21ClN2O5/c1-6-10(2)26-15-13(19)8-11(9-14(15)25-5)7-12-16(22)20(3)18(24)21(4)17(12)23/h7-10H,6H2,1-5H3. The lowest BCUT2D eigenvalue weighted by Crippen LogP contribution is -2.52. The number of carbonyl (C=O) groups excluding carboxylic acids is 3. The van der Waals surface area contributed by atoms with Gasteiger partial charge in [-0.1, -0.05) is 18.5 Å². The SMILES string of the molecule is CCC(C)Oc1c(Cl)cc(C=C2C(=O)N(C)C(=O)N(C)C2=O)cc1OC. The number of hydrogen-bond acceptors (Lipinski definition) is 5. The van der Waals surface area contributed by atoms with E-state index in [1.54, 1.807) is 12.1 Å². The van der Waals surface area contributed by atoms with E-state index in [-0.39, 0.29) is 11.7 Å². The summed E-state index contributed by atoms with van der Waals surface area (Å²) in [5, 5.41) is 0.296. The van der Waals surface area contributed by atoms with Crippen molar-refractivity contribution in [2.24, 2.45) is 0 Å². The molecule has 1 atom stereocenters. The Bertz CT molecular complexity index is 764. The minimum Gasteiger partial charge on any atom is -0.493 e. The van der Waals surface area contributed by atoms with Crippen LogP contribution in [0.4, 0.5) is 4.79 Å². The minimum absolute atomic E-state index is 0.0552. The third kappa shape index (κ3) is 3.67. The van der Waals surface area contributed by atoms with Crippen molar-refractivity contribution in [3.05, 3.63) is 28.3 Å². The molecule has 0 spiro atoms. The van der Waals surface area contributed by atoms with Gasteiger partial charge in [0.1, 0.15) is 5.57 Å². The van der Waals surface area contributed by atoms with E-state index in [4.69, 9.17) is 21.1 Å². The summed E-state index contributed by atoms with van der Waals surface area (Å²) in [6.45, 7) is 3.89. The van der Waals surface area contributed by atoms with Gasteiger partial charge in [-0.15, -0.1) is 0 Å². The summed E-state index contributed by atoms with van der Waals surface area (Å²) in [6.07, 6.45) is 2.12. The van der Waals surface area contributed by atoms with Crippen LogP contribution in [0.2, 0.25) is 5.02 Å². The lowest BCUT2D eigenvalue weighted by atomic mass is 10.1. The predicted octanol–water partition coefficient (Wildman–Crippen LogP) is 2.96. The van der Waals surface area contributed by atoms with Crippen molar-refractivity contribution in [3.8, 4) is 11.5 Å². The molecule has 1 aromatic rings. The number of likely N-dealkylation sites (N-methyl/N-ethyl adjacent to an activating group) is 2. The minimum atomic E-state index is -0.676. The largest absolute Gasteiger partial charge is 0.493 e. The number of nitrogens with zero attached hydrogens (tertiary/aromatic N) is 2. The van der Waals surface area contributed by atoms with Crippen LogP contribution >= 0.6 is 11.6 Å². The van der Waals surface area contributed by atoms with Crippen LogP contribution in [0.3, 0.4) is 0 Å². The van der Waals surface area contributed by atoms with Crippen LogP contribution in [0.5, 0.6) is 11.5 Å². The zero-order valence-corrected chi connectivity index (χ0v) is 16.1. The third-order valence-electron chi connectivity index (χ3n) is 4.10. The number of methoxy groups -OCH3 is 1. The molecule has 8 heteroatoms. The fraction of sp³-hybridized carbons (Fsp3) is 0.389. The Hall–Kier alpha value is -2.54. The fourth-order valence-electron chi connectivity index (χ4n) is 2.36. The fourth-order valence-corrected chi connectivity index (χ4v) is 2.63. The van der Waals surface area contributed by atoms with Gasteiger partial charge in [0.05, 0.1) is 18.2 Å². The highest BCUT2D eigenvalue weighted by molar-refractivity contribution is 6.33. The Morgan fingerprint density at radius 3 is 2.23 bits per heavy atom. The number of carbonyl (C=O) groups is 3. The Morgan fingerprint density at radius 1 is 1.15 bits per heavy atom. The number of rotatable bonds is 5. The number of ether oxygens (including phenoxy) is 2. The second-order valence-electron chi connectivity index (χ2n) is 5.94. The quantitative estimate of drug-likeness (QED) is 0.579. The lowest BCUT2D eigenvalue weighted by Gasteiger charge is -2.28. The highest BCUT2D eigenvalue weighted by atomic mass is 35.5. The van der Waals surface area contributed by atoms with Gasteiger partial charge in [0.15, 0.2) is 11.5 Å². The number of barbiturate groups is 1. The van der Waals surface area contributed by atoms with Gasteiger partial charge in [-0.3, -0.25) is 19.4 Å². The van der Waals surface area contributed by atoms with Crippen LogP contribution in [0, 0.1) is 0 Å². The van der Waals surface area contributed by atoms with Crippen LogP contribution in [0.15, 0.2) is 17.7 Å². The summed E-state index contributed by atoms with van der Waals surface area (Å²) in [7, 11) is 4.11. The average Bonchev–Trinajstić information content (AvgIpc) is 2.63. The summed E-state index contributed by atoms with van der Waals surface area (Å²) in [4.78, 5) is 38.1. The normalized spacial score (nSPS) is 16.1. The predicted molar refractivity (Wildman–Crippen MR) is 97.3 cm³/mol. The van der Waals surface area contributed by atoms with E-state index in [1.165, 1.54) is 27.3 Å². The molecule has 1 aliphatic heterocycles. The van der Waals surface area contributed by atoms with Crippen molar-refractivity contribution >= 4 is 35.5 Å². The zero-order chi connectivity index (χ0) is 19.6. The van der Waals surface area contributed by atoms with Crippen molar-refractivity contribution in [3.63, 3.8) is 0 Å². The number of hydrogen-bond donors (Lipinski definition) is 0. The van der Waals surface area contributed by atoms with Gasteiger partial charge < -0.3 is 9.47 Å². The maximum absolute atomic E-state index is 12.3. The molecule has 0 aliphatic carbocycles. The highest BCUT2D eigenvalue weighted by Gasteiger charge is 2.37. The first kappa shape index (κ1) is 19.8. The van der Waals surface area contributed by atoms with E-state index < -0.39 is 17.8 Å². The molecule has 140 valence electrons. The topological polar surface area (TPSA) is 76.2 Å². The number of amides is 4. The summed E-state index contributed by atoms with van der Waals surface area (Å²) < 4.78 is 11.1. The Morgan fingerprint density at radius 2 is 1.73 bits per heavy atom. The van der Waals surface area contributed by atoms with Gasteiger partial charge in [0, 0.05) is 14.1 Å². The number of benzene rings is 1. The molecule has 0 saturated carbocycles. The monoisotopic (exact) mass is 380 g/mol. The van der Waals surface area contributed by atoms with Gasteiger partial charge in [-0.05, 0) is 37.1 Å². The maximum atomic E-state index is 12.3. The second-order valence-corrected chi connectivity index (χ2v) is 6.35. The van der Waals surface area contributed by atoms with Crippen LogP contribution in [0.25, 0.3) is 6.08 Å². The first-order valence-electron chi connectivity index (χ1n) is 8.07. The Kier molecular flexibility index (Phi) is 5.92. The molecule has 1 heterocycles. The van der Waals surface area contributed by atoms with Gasteiger partial charge in [0.25, 0.3) is 11.8 Å². The van der Waals surface area contributed by atoms with E-state index >= 15 is 0 Å². The van der Waals surface area contributed by atoms with Crippen molar-refractivity contribution in [1.29, 1.82) is 0 Å². The van der Waals surface area contributed by atoms with E-state index in [1.807, 2.05) is 13.8 Å². The third-order valence-corrected chi connectivity index (χ3v) is 4.38. The number of urea groups is 1. The molecular formula is C18H21ClN2O5. The second kappa shape index (κ2) is 7.78. The molecule has 0 radical (unpaired) electrons. The zero-order valence-electron chi connectivity index (χ0n) is 15.3. The van der Waals surface area contributed by atoms with E-state index in [0.29, 0.717) is 22.1 Å². The van der Waals surface area contributed by atoms with Crippen LogP contribution < -0.4 is 9.47 Å². The number of halogens is 1. The first-order valence-corrected chi connectivity index (χ1v) is 8.45. The highest BCUT2D eigenvalue weighted by Crippen LogP contribution is 2.38. The lowest BCUT2D eigenvalue weighted by molar-refractivity contribution is -0.134. The van der Waals surface area contributed by atoms with Crippen molar-refractivity contribution in [2.45, 2.75) is 26.4 Å². The summed E-state index contributed by atoms with van der Waals surface area (Å²) in [5.41, 5.74) is 0.347. The Balaban J connectivity index is 2.47. The van der Waals surface area contributed by atoms with Crippen molar-refractivity contribution < 1.29 is 23.9 Å². The van der Waals surface area contributed by atoms with Crippen LogP contribution in [-0.2, 0) is 9.59 Å². The molecule has 0 aromatic heterocycles. The van der Waals surface area contributed by atoms with Gasteiger partial charge >= 0.3 is 6.03 Å². The molecule has 7 nitrogen and oxygen atoms in total. The molecule has 1 aliphatic rings. The van der Waals surface area contributed by atoms with E-state index in [2.05, 4.69) is 0 Å². The summed E-state index contributed by atoms with van der Waals surface area (Å²) in [5.74, 6) is -0.559. The molecule has 1 unspecified atom stereocenters. The van der Waals surface area contributed by atoms with Gasteiger partial charge in [0.2, 0.25) is 0 Å². The molecule has 1 saturated heterocycles. The van der Waals surface area contributed by atoms with Gasteiger partial charge in [-0.25, -0.2) is 4.79 Å². The van der Waals surface area contributed by atoms with E-state index in [9.17, 15) is 14.4 Å². The van der Waals surface area contributed by atoms with Crippen molar-refractivity contribution in [2.75, 3.05) is 21.2 Å². The molecule has 0 bridgehead atoms. The van der Waals surface area contributed by atoms with Crippen LogP contribution in [0.1, 0.15) is 25.8 Å². The molecule has 1 fully saturated rings. The molecule has 2 rings (SSSR count). The molecule has 26 heavy (non-hydrogen) atoms. The molecule has 4 amide bonds. The molecular weight excluding hydrogens is 360 g/mol. The summed E-state index contributed by atoms with van der Waals surface area (Å²) in [6, 6.07) is 2.52.